The first-order valence-electron chi connectivity index (χ1n) is 8.29. The van der Waals surface area contributed by atoms with Gasteiger partial charge in [-0.05, 0) is 20.8 Å². The molecule has 0 aliphatic carbocycles. The van der Waals surface area contributed by atoms with Gasteiger partial charge in [-0.2, -0.15) is 39.5 Å². The molecule has 188 valence electrons. The molecule has 0 bridgehead atoms. The summed E-state index contributed by atoms with van der Waals surface area (Å²) in [4.78, 5) is 34.4. The molecule has 0 heterocycles. The summed E-state index contributed by atoms with van der Waals surface area (Å²) in [5.74, 6) is -13.9. The average Bonchev–Trinajstić information content (AvgIpc) is 2.58. The maximum atomic E-state index is 14.8. The van der Waals surface area contributed by atoms with Gasteiger partial charge in [-0.3, -0.25) is 0 Å². The number of carbonyl (C=O) groups is 3. The van der Waals surface area contributed by atoms with Gasteiger partial charge in [0.05, 0.1) is 0 Å². The predicted octanol–water partition coefficient (Wildman–Crippen LogP) is 4.71. The quantitative estimate of drug-likeness (QED) is 0.187. The second-order valence-corrected chi connectivity index (χ2v) is 6.71. The number of halogens is 9. The number of ether oxygens (including phenoxy) is 3. The van der Waals surface area contributed by atoms with Crippen LogP contribution in [0.25, 0.3) is 0 Å². The van der Waals surface area contributed by atoms with E-state index in [1.165, 1.54) is 0 Å². The highest BCUT2D eigenvalue weighted by molar-refractivity contribution is 5.88. The van der Waals surface area contributed by atoms with E-state index in [-0.39, 0.29) is 0 Å². The number of rotatable bonds is 10. The lowest BCUT2D eigenvalue weighted by atomic mass is 9.77. The van der Waals surface area contributed by atoms with Crippen molar-refractivity contribution in [1.82, 2.24) is 0 Å². The molecule has 0 aliphatic heterocycles. The first-order chi connectivity index (χ1) is 14.5. The van der Waals surface area contributed by atoms with Gasteiger partial charge in [-0.25, -0.2) is 14.4 Å². The fourth-order valence-corrected chi connectivity index (χ4v) is 1.91. The van der Waals surface area contributed by atoms with Crippen molar-refractivity contribution in [2.24, 2.45) is 5.41 Å². The molecule has 6 nitrogen and oxygen atoms in total. The Bertz CT molecular complexity index is 818. The number of alkyl halides is 9. The van der Waals surface area contributed by atoms with Gasteiger partial charge in [-0.1, -0.05) is 19.7 Å². The molecule has 0 saturated carbocycles. The summed E-state index contributed by atoms with van der Waals surface area (Å²) < 4.78 is 138. The van der Waals surface area contributed by atoms with Crippen LogP contribution in [0, 0.1) is 5.41 Å². The molecule has 0 atom stereocenters. The first kappa shape index (κ1) is 30.0. The second-order valence-electron chi connectivity index (χ2n) is 6.71. The minimum atomic E-state index is -7.23. The Morgan fingerprint density at radius 3 is 1.18 bits per heavy atom. The van der Waals surface area contributed by atoms with E-state index in [9.17, 15) is 53.9 Å². The molecule has 0 aromatic rings. The van der Waals surface area contributed by atoms with Gasteiger partial charge in [0.2, 0.25) is 0 Å². The summed E-state index contributed by atoms with van der Waals surface area (Å²) >= 11 is 0. The number of esters is 3. The smallest absolute Gasteiger partial charge is 0.454 e. The van der Waals surface area contributed by atoms with Crippen molar-refractivity contribution in [3.8, 4) is 0 Å². The summed E-state index contributed by atoms with van der Waals surface area (Å²) in [5, 5.41) is 0. The molecular formula is C18H17F9O6. The maximum absolute atomic E-state index is 14.8. The highest BCUT2D eigenvalue weighted by atomic mass is 19.4. The van der Waals surface area contributed by atoms with E-state index in [1.54, 1.807) is 0 Å². The zero-order chi connectivity index (χ0) is 26.8. The highest BCUT2D eigenvalue weighted by Gasteiger charge is 2.91. The van der Waals surface area contributed by atoms with Crippen LogP contribution in [0.5, 0.6) is 0 Å². The Hall–Kier alpha value is -3.00. The van der Waals surface area contributed by atoms with Gasteiger partial charge in [0.15, 0.2) is 0 Å². The summed E-state index contributed by atoms with van der Waals surface area (Å²) in [6.45, 7) is 7.26. The second kappa shape index (κ2) is 9.47. The van der Waals surface area contributed by atoms with Crippen LogP contribution in [0.4, 0.5) is 39.5 Å². The fraction of sp³-hybridized carbons (Fsp3) is 0.500. The van der Waals surface area contributed by atoms with Crippen molar-refractivity contribution in [2.75, 3.05) is 6.61 Å². The third-order valence-electron chi connectivity index (χ3n) is 3.79. The van der Waals surface area contributed by atoms with Gasteiger partial charge in [-0.15, -0.1) is 0 Å². The molecule has 0 spiro atoms. The summed E-state index contributed by atoms with van der Waals surface area (Å²) in [6.07, 6.45) is -20.2. The third kappa shape index (κ3) is 5.68. The molecule has 0 radical (unpaired) electrons. The van der Waals surface area contributed by atoms with Crippen LogP contribution in [-0.2, 0) is 28.6 Å². The number of carbonyl (C=O) groups excluding carboxylic acids is 3. The standard InChI is InChI=1S/C18H17F9O6/c1-8(2)11(28)31-7-14(15(19,20)16(21,22)23,17(24,25)32-12(29)9(3)4)18(26,27)33-13(30)10(5)6/h1,3,5,7H2,2,4,6H3. The van der Waals surface area contributed by atoms with E-state index in [1.807, 2.05) is 0 Å². The maximum Gasteiger partial charge on any atom is 0.454 e. The van der Waals surface area contributed by atoms with E-state index in [0.29, 0.717) is 13.8 Å². The van der Waals surface area contributed by atoms with Gasteiger partial charge < -0.3 is 14.2 Å². The molecule has 0 rings (SSSR count). The predicted molar refractivity (Wildman–Crippen MR) is 90.9 cm³/mol. The molecule has 0 saturated heterocycles. The number of hydrogen-bond donors (Lipinski definition) is 0. The average molecular weight is 500 g/mol. The van der Waals surface area contributed by atoms with Gasteiger partial charge in [0, 0.05) is 16.7 Å². The van der Waals surface area contributed by atoms with Crippen LogP contribution in [0.3, 0.4) is 0 Å². The lowest BCUT2D eigenvalue weighted by Crippen LogP contribution is -2.72. The normalized spacial score (nSPS) is 13.1. The van der Waals surface area contributed by atoms with Gasteiger partial charge in [0.25, 0.3) is 5.41 Å². The molecule has 0 unspecified atom stereocenters. The Morgan fingerprint density at radius 1 is 0.636 bits per heavy atom. The lowest BCUT2D eigenvalue weighted by molar-refractivity contribution is -0.477. The van der Waals surface area contributed by atoms with Crippen molar-refractivity contribution in [2.45, 2.75) is 45.1 Å². The lowest BCUT2D eigenvalue weighted by Gasteiger charge is -2.45. The summed E-state index contributed by atoms with van der Waals surface area (Å²) in [5.41, 5.74) is -9.20. The van der Waals surface area contributed by atoms with Gasteiger partial charge in [0.1, 0.15) is 6.61 Å². The van der Waals surface area contributed by atoms with Crippen molar-refractivity contribution >= 4 is 17.9 Å². The monoisotopic (exact) mass is 500 g/mol. The number of hydrogen-bond acceptors (Lipinski definition) is 6. The van der Waals surface area contributed by atoms with E-state index >= 15 is 0 Å². The van der Waals surface area contributed by atoms with Crippen LogP contribution in [0.2, 0.25) is 0 Å². The molecule has 0 aromatic heterocycles. The molecule has 0 aliphatic rings. The van der Waals surface area contributed by atoms with Crippen LogP contribution in [-0.4, -0.2) is 48.8 Å². The molecule has 0 N–H and O–H groups in total. The summed E-state index contributed by atoms with van der Waals surface area (Å²) in [6, 6.07) is 0. The molecule has 0 amide bonds. The van der Waals surface area contributed by atoms with E-state index in [2.05, 4.69) is 33.9 Å². The van der Waals surface area contributed by atoms with E-state index in [0.717, 1.165) is 6.92 Å². The van der Waals surface area contributed by atoms with Crippen molar-refractivity contribution < 1.29 is 68.1 Å². The molecular weight excluding hydrogens is 483 g/mol. The zero-order valence-corrected chi connectivity index (χ0v) is 17.2. The SMILES string of the molecule is C=C(C)C(=O)OCC(C(F)(F)OC(=O)C(=C)C)(C(F)(F)OC(=O)C(=C)C)C(F)(F)C(F)(F)F. The van der Waals surface area contributed by atoms with Crippen LogP contribution < -0.4 is 0 Å². The third-order valence-corrected chi connectivity index (χ3v) is 3.79. The molecule has 15 heteroatoms. The highest BCUT2D eigenvalue weighted by Crippen LogP contribution is 2.63. The zero-order valence-electron chi connectivity index (χ0n) is 17.2. The van der Waals surface area contributed by atoms with Crippen molar-refractivity contribution in [3.63, 3.8) is 0 Å². The molecule has 0 aromatic carbocycles. The van der Waals surface area contributed by atoms with E-state index in [4.69, 9.17) is 0 Å². The summed E-state index contributed by atoms with van der Waals surface area (Å²) in [7, 11) is 0. The molecule has 33 heavy (non-hydrogen) atoms. The van der Waals surface area contributed by atoms with E-state index < -0.39 is 71.0 Å². The Morgan fingerprint density at radius 2 is 0.939 bits per heavy atom. The Labute approximate surface area is 180 Å². The van der Waals surface area contributed by atoms with Crippen molar-refractivity contribution in [1.29, 1.82) is 0 Å². The largest absolute Gasteiger partial charge is 0.461 e. The Balaban J connectivity index is 7.37. The fourth-order valence-electron chi connectivity index (χ4n) is 1.91. The van der Waals surface area contributed by atoms with Crippen molar-refractivity contribution in [3.05, 3.63) is 36.5 Å². The van der Waals surface area contributed by atoms with Crippen LogP contribution in [0.15, 0.2) is 36.5 Å². The minimum Gasteiger partial charge on any atom is -0.461 e. The Kier molecular flexibility index (Phi) is 8.61. The van der Waals surface area contributed by atoms with Crippen LogP contribution in [0.1, 0.15) is 20.8 Å². The topological polar surface area (TPSA) is 78.9 Å². The van der Waals surface area contributed by atoms with Gasteiger partial charge >= 0.3 is 42.2 Å². The first-order valence-corrected chi connectivity index (χ1v) is 8.29. The molecule has 0 fully saturated rings. The van der Waals surface area contributed by atoms with Crippen LogP contribution >= 0.6 is 0 Å². The minimum absolute atomic E-state index is 0.627.